The van der Waals surface area contributed by atoms with E-state index in [0.29, 0.717) is 39.2 Å². The standard InChI is InChI=1S/C22H15FN6O2S/c23-15-5-2-1-4-14(15)13-29-18(16-8-10-31-28-16)12-17(27-29)21-24-9-7-20(25-21)26-22(30)19-6-3-11-32-19/h1-12H,13H2,(H,24,25,26,30). The Kier molecular flexibility index (Phi) is 5.26. The number of nitrogens with one attached hydrogen (secondary N) is 1. The number of aromatic nitrogens is 5. The van der Waals surface area contributed by atoms with Crippen molar-refractivity contribution in [2.45, 2.75) is 6.54 Å². The molecule has 5 rings (SSSR count). The molecule has 0 aliphatic rings. The van der Waals surface area contributed by atoms with Gasteiger partial charge < -0.3 is 9.84 Å². The first-order chi connectivity index (χ1) is 15.7. The van der Waals surface area contributed by atoms with E-state index in [1.165, 1.54) is 29.9 Å². The van der Waals surface area contributed by atoms with E-state index in [4.69, 9.17) is 4.52 Å². The topological polar surface area (TPSA) is 98.7 Å². The molecule has 32 heavy (non-hydrogen) atoms. The Morgan fingerprint density at radius 3 is 2.81 bits per heavy atom. The van der Waals surface area contributed by atoms with E-state index in [2.05, 4.69) is 25.5 Å². The fourth-order valence-corrected chi connectivity index (χ4v) is 3.74. The van der Waals surface area contributed by atoms with Crippen LogP contribution in [0.3, 0.4) is 0 Å². The zero-order valence-corrected chi connectivity index (χ0v) is 17.3. The first-order valence-electron chi connectivity index (χ1n) is 9.57. The SMILES string of the molecule is O=C(Nc1ccnc(-c2cc(-c3ccon3)n(Cc3ccccc3F)n2)n1)c1cccs1. The van der Waals surface area contributed by atoms with E-state index in [-0.39, 0.29) is 18.3 Å². The average Bonchev–Trinajstić information content (AvgIpc) is 3.57. The van der Waals surface area contributed by atoms with E-state index >= 15 is 0 Å². The summed E-state index contributed by atoms with van der Waals surface area (Å²) in [6.07, 6.45) is 2.99. The Hall–Kier alpha value is -4.18. The predicted octanol–water partition coefficient (Wildman–Crippen LogP) is 4.50. The molecule has 0 saturated carbocycles. The molecule has 0 fully saturated rings. The number of thiophene rings is 1. The lowest BCUT2D eigenvalue weighted by atomic mass is 10.2. The largest absolute Gasteiger partial charge is 0.364 e. The number of nitrogens with zero attached hydrogens (tertiary/aromatic N) is 5. The molecule has 0 aliphatic heterocycles. The molecule has 0 atom stereocenters. The predicted molar refractivity (Wildman–Crippen MR) is 117 cm³/mol. The quantitative estimate of drug-likeness (QED) is 0.412. The van der Waals surface area contributed by atoms with Crippen LogP contribution in [-0.2, 0) is 6.54 Å². The van der Waals surface area contributed by atoms with Gasteiger partial charge in [0.1, 0.15) is 29.3 Å². The summed E-state index contributed by atoms with van der Waals surface area (Å²) in [5.41, 5.74) is 2.09. The average molecular weight is 446 g/mol. The van der Waals surface area contributed by atoms with Gasteiger partial charge >= 0.3 is 0 Å². The molecule has 0 unspecified atom stereocenters. The molecule has 5 aromatic rings. The van der Waals surface area contributed by atoms with Crippen LogP contribution < -0.4 is 5.32 Å². The van der Waals surface area contributed by atoms with Crippen LogP contribution in [0.5, 0.6) is 0 Å². The minimum atomic E-state index is -0.329. The highest BCUT2D eigenvalue weighted by atomic mass is 32.1. The van der Waals surface area contributed by atoms with Gasteiger partial charge in [0.25, 0.3) is 5.91 Å². The maximum Gasteiger partial charge on any atom is 0.266 e. The molecule has 0 spiro atoms. The van der Waals surface area contributed by atoms with Gasteiger partial charge in [0.15, 0.2) is 5.82 Å². The molecule has 1 amide bonds. The van der Waals surface area contributed by atoms with Crippen LogP contribution in [0.2, 0.25) is 0 Å². The Balaban J connectivity index is 1.49. The van der Waals surface area contributed by atoms with Crippen molar-refractivity contribution in [1.82, 2.24) is 24.9 Å². The molecule has 1 aromatic carbocycles. The fraction of sp³-hybridized carbons (Fsp3) is 0.0455. The molecule has 8 nitrogen and oxygen atoms in total. The summed E-state index contributed by atoms with van der Waals surface area (Å²) in [5, 5.41) is 13.1. The van der Waals surface area contributed by atoms with E-state index in [0.717, 1.165) is 0 Å². The van der Waals surface area contributed by atoms with Crippen molar-refractivity contribution in [2.75, 3.05) is 5.32 Å². The lowest BCUT2D eigenvalue weighted by Gasteiger charge is -2.06. The van der Waals surface area contributed by atoms with Crippen molar-refractivity contribution in [3.8, 4) is 22.9 Å². The molecule has 0 radical (unpaired) electrons. The number of hydrogen-bond acceptors (Lipinski definition) is 7. The van der Waals surface area contributed by atoms with E-state index in [9.17, 15) is 9.18 Å². The molecule has 0 aliphatic carbocycles. The summed E-state index contributed by atoms with van der Waals surface area (Å²) in [4.78, 5) is 21.6. The Morgan fingerprint density at radius 2 is 2.03 bits per heavy atom. The number of rotatable bonds is 6. The molecule has 0 bridgehead atoms. The van der Waals surface area contributed by atoms with Crippen molar-refractivity contribution >= 4 is 23.1 Å². The molecular formula is C22H15FN6O2S. The van der Waals surface area contributed by atoms with E-state index in [1.54, 1.807) is 53.2 Å². The van der Waals surface area contributed by atoms with Crippen molar-refractivity contribution < 1.29 is 13.7 Å². The van der Waals surface area contributed by atoms with Crippen LogP contribution in [0, 0.1) is 5.82 Å². The van der Waals surface area contributed by atoms with Crippen LogP contribution in [0.25, 0.3) is 22.9 Å². The van der Waals surface area contributed by atoms with Crippen LogP contribution in [0.1, 0.15) is 15.2 Å². The zero-order valence-electron chi connectivity index (χ0n) is 16.5. The number of carbonyl (C=O) groups excluding carboxylic acids is 1. The smallest absolute Gasteiger partial charge is 0.266 e. The highest BCUT2D eigenvalue weighted by molar-refractivity contribution is 7.12. The van der Waals surface area contributed by atoms with Crippen LogP contribution in [0.4, 0.5) is 10.2 Å². The fourth-order valence-electron chi connectivity index (χ4n) is 3.12. The third-order valence-electron chi connectivity index (χ3n) is 4.63. The molecule has 158 valence electrons. The van der Waals surface area contributed by atoms with Crippen molar-refractivity contribution in [3.05, 3.63) is 88.7 Å². The lowest BCUT2D eigenvalue weighted by Crippen LogP contribution is -2.12. The number of benzene rings is 1. The molecule has 4 heterocycles. The highest BCUT2D eigenvalue weighted by Crippen LogP contribution is 2.25. The Morgan fingerprint density at radius 1 is 1.12 bits per heavy atom. The molecule has 4 aromatic heterocycles. The second-order valence-electron chi connectivity index (χ2n) is 6.75. The number of halogens is 1. The lowest BCUT2D eigenvalue weighted by molar-refractivity contribution is 0.103. The minimum Gasteiger partial charge on any atom is -0.364 e. The monoisotopic (exact) mass is 446 g/mol. The third-order valence-corrected chi connectivity index (χ3v) is 5.50. The molecule has 0 saturated heterocycles. The van der Waals surface area contributed by atoms with E-state index in [1.807, 2.05) is 5.38 Å². The zero-order chi connectivity index (χ0) is 21.9. The van der Waals surface area contributed by atoms with Gasteiger partial charge in [-0.25, -0.2) is 14.4 Å². The van der Waals surface area contributed by atoms with Crippen LogP contribution >= 0.6 is 11.3 Å². The number of carbonyl (C=O) groups is 1. The molecule has 10 heteroatoms. The van der Waals surface area contributed by atoms with Crippen molar-refractivity contribution in [1.29, 1.82) is 0 Å². The summed E-state index contributed by atoms with van der Waals surface area (Å²) >= 11 is 1.34. The third kappa shape index (κ3) is 4.03. The number of anilines is 1. The van der Waals surface area contributed by atoms with Crippen LogP contribution in [-0.4, -0.2) is 30.8 Å². The summed E-state index contributed by atoms with van der Waals surface area (Å²) in [5.74, 6) is 0.0780. The summed E-state index contributed by atoms with van der Waals surface area (Å²) in [6, 6.07) is 15.1. The van der Waals surface area contributed by atoms with Gasteiger partial charge in [0.05, 0.1) is 17.1 Å². The normalized spacial score (nSPS) is 10.9. The van der Waals surface area contributed by atoms with Crippen molar-refractivity contribution in [3.63, 3.8) is 0 Å². The van der Waals surface area contributed by atoms with Gasteiger partial charge in [0.2, 0.25) is 0 Å². The van der Waals surface area contributed by atoms with Gasteiger partial charge in [-0.1, -0.05) is 29.4 Å². The molecule has 1 N–H and O–H groups in total. The van der Waals surface area contributed by atoms with Crippen molar-refractivity contribution in [2.24, 2.45) is 0 Å². The van der Waals surface area contributed by atoms with Gasteiger partial charge in [-0.15, -0.1) is 11.3 Å². The number of hydrogen-bond donors (Lipinski definition) is 1. The summed E-state index contributed by atoms with van der Waals surface area (Å²) in [6.45, 7) is 0.184. The first-order valence-corrected chi connectivity index (χ1v) is 10.5. The Labute approximate surface area is 185 Å². The second-order valence-corrected chi connectivity index (χ2v) is 7.69. The van der Waals surface area contributed by atoms with Gasteiger partial charge in [0, 0.05) is 17.8 Å². The van der Waals surface area contributed by atoms with Gasteiger partial charge in [-0.2, -0.15) is 5.10 Å². The Bertz CT molecular complexity index is 1370. The highest BCUT2D eigenvalue weighted by Gasteiger charge is 2.17. The van der Waals surface area contributed by atoms with E-state index < -0.39 is 0 Å². The maximum atomic E-state index is 14.2. The van der Waals surface area contributed by atoms with Gasteiger partial charge in [-0.3, -0.25) is 9.48 Å². The maximum absolute atomic E-state index is 14.2. The second kappa shape index (κ2) is 8.52. The van der Waals surface area contributed by atoms with Crippen LogP contribution in [0.15, 0.2) is 77.0 Å². The van der Waals surface area contributed by atoms with Gasteiger partial charge in [-0.05, 0) is 29.6 Å². The first kappa shape index (κ1) is 19.8. The molecular weight excluding hydrogens is 431 g/mol. The summed E-state index contributed by atoms with van der Waals surface area (Å²) in [7, 11) is 0. The summed E-state index contributed by atoms with van der Waals surface area (Å²) < 4.78 is 20.8. The minimum absolute atomic E-state index is 0.184. The number of amides is 1.